The molecule has 0 fully saturated rings. The number of anilines is 1. The molecule has 23 heavy (non-hydrogen) atoms. The van der Waals surface area contributed by atoms with Crippen molar-refractivity contribution in [2.24, 2.45) is 0 Å². The van der Waals surface area contributed by atoms with Crippen LogP contribution in [-0.2, 0) is 19.4 Å². The van der Waals surface area contributed by atoms with E-state index in [1.165, 1.54) is 12.1 Å². The molecule has 4 nitrogen and oxygen atoms in total. The fourth-order valence-corrected chi connectivity index (χ4v) is 2.93. The smallest absolute Gasteiger partial charge is 0.349 e. The minimum absolute atomic E-state index is 0.141. The Balaban J connectivity index is 1.84. The third-order valence-corrected chi connectivity index (χ3v) is 4.43. The highest BCUT2D eigenvalue weighted by Gasteiger charge is 2.34. The van der Waals surface area contributed by atoms with Crippen LogP contribution in [0.2, 0.25) is 0 Å². The van der Waals surface area contributed by atoms with Crippen LogP contribution >= 0.6 is 0 Å². The van der Waals surface area contributed by atoms with Crippen molar-refractivity contribution in [3.05, 3.63) is 57.6 Å². The van der Waals surface area contributed by atoms with Crippen LogP contribution in [0.15, 0.2) is 29.1 Å². The van der Waals surface area contributed by atoms with Gasteiger partial charge < -0.3 is 4.90 Å². The summed E-state index contributed by atoms with van der Waals surface area (Å²) in [7, 11) is 1.95. The minimum Gasteiger partial charge on any atom is -0.354 e. The number of nitrogens with zero attached hydrogens (tertiary/aromatic N) is 3. The lowest BCUT2D eigenvalue weighted by Crippen LogP contribution is -2.38. The minimum atomic E-state index is -0.594. The van der Waals surface area contributed by atoms with Crippen LogP contribution in [0.3, 0.4) is 0 Å². The molecule has 1 aromatic carbocycles. The SMILES string of the molecule is CN1c2cc(CCc3cc(F)cc(F)c3)nc(=O)n2CC1(C)C. The molecule has 0 saturated heterocycles. The average molecular weight is 319 g/mol. The largest absolute Gasteiger partial charge is 0.354 e. The van der Waals surface area contributed by atoms with Gasteiger partial charge in [-0.05, 0) is 44.4 Å². The summed E-state index contributed by atoms with van der Waals surface area (Å²) in [6.07, 6.45) is 0.887. The van der Waals surface area contributed by atoms with E-state index >= 15 is 0 Å². The monoisotopic (exact) mass is 319 g/mol. The summed E-state index contributed by atoms with van der Waals surface area (Å²) in [5.41, 5.74) is 0.771. The molecule has 1 aliphatic rings. The standard InChI is InChI=1S/C17H19F2N3O/c1-17(2)10-22-15(21(17)3)9-14(20-16(22)23)5-4-11-6-12(18)8-13(19)7-11/h6-9H,4-5,10H2,1-3H3. The van der Waals surface area contributed by atoms with Gasteiger partial charge in [0, 0.05) is 19.2 Å². The van der Waals surface area contributed by atoms with E-state index in [0.717, 1.165) is 11.9 Å². The van der Waals surface area contributed by atoms with Crippen LogP contribution in [0.25, 0.3) is 0 Å². The Labute approximate surface area is 133 Å². The first-order valence-corrected chi connectivity index (χ1v) is 7.56. The molecule has 2 aromatic rings. The molecule has 0 bridgehead atoms. The fourth-order valence-electron chi connectivity index (χ4n) is 2.93. The van der Waals surface area contributed by atoms with Gasteiger partial charge in [0.2, 0.25) is 0 Å². The Hall–Kier alpha value is -2.24. The summed E-state index contributed by atoms with van der Waals surface area (Å²) < 4.78 is 28.1. The molecular formula is C17H19F2N3O. The van der Waals surface area contributed by atoms with Gasteiger partial charge in [0.25, 0.3) is 0 Å². The molecule has 0 saturated carbocycles. The predicted molar refractivity (Wildman–Crippen MR) is 84.7 cm³/mol. The second kappa shape index (κ2) is 5.44. The number of halogens is 2. The molecule has 122 valence electrons. The first-order valence-electron chi connectivity index (χ1n) is 7.56. The van der Waals surface area contributed by atoms with Gasteiger partial charge in [-0.2, -0.15) is 4.98 Å². The molecule has 3 rings (SSSR count). The number of benzene rings is 1. The summed E-state index contributed by atoms with van der Waals surface area (Å²) in [6, 6.07) is 5.34. The van der Waals surface area contributed by atoms with Gasteiger partial charge >= 0.3 is 5.69 Å². The molecule has 0 radical (unpaired) electrons. The second-order valence-corrected chi connectivity index (χ2v) is 6.62. The number of aromatic nitrogens is 2. The zero-order chi connectivity index (χ0) is 16.8. The maximum atomic E-state index is 13.2. The fraction of sp³-hybridized carbons (Fsp3) is 0.412. The third kappa shape index (κ3) is 2.98. The average Bonchev–Trinajstić information content (AvgIpc) is 2.68. The Morgan fingerprint density at radius 3 is 2.43 bits per heavy atom. The van der Waals surface area contributed by atoms with E-state index in [1.54, 1.807) is 4.57 Å². The van der Waals surface area contributed by atoms with Crippen molar-refractivity contribution in [3.63, 3.8) is 0 Å². The molecule has 0 unspecified atom stereocenters. The predicted octanol–water partition coefficient (Wildman–Crippen LogP) is 2.54. The zero-order valence-electron chi connectivity index (χ0n) is 13.4. The van der Waals surface area contributed by atoms with Gasteiger partial charge in [0.1, 0.15) is 17.5 Å². The Morgan fingerprint density at radius 1 is 1.13 bits per heavy atom. The van der Waals surface area contributed by atoms with E-state index < -0.39 is 11.6 Å². The number of fused-ring (bicyclic) bond motifs is 1. The molecular weight excluding hydrogens is 300 g/mol. The zero-order valence-corrected chi connectivity index (χ0v) is 13.4. The Bertz CT molecular complexity index is 794. The Kier molecular flexibility index (Phi) is 3.70. The van der Waals surface area contributed by atoms with E-state index in [-0.39, 0.29) is 11.2 Å². The van der Waals surface area contributed by atoms with E-state index in [2.05, 4.69) is 23.7 Å². The lowest BCUT2D eigenvalue weighted by Gasteiger charge is -2.28. The number of hydrogen-bond acceptors (Lipinski definition) is 3. The Morgan fingerprint density at radius 2 is 1.78 bits per heavy atom. The van der Waals surface area contributed by atoms with Crippen molar-refractivity contribution in [1.29, 1.82) is 0 Å². The summed E-state index contributed by atoms with van der Waals surface area (Å²) in [5.74, 6) is -0.359. The lowest BCUT2D eigenvalue weighted by molar-refractivity contribution is 0.466. The van der Waals surface area contributed by atoms with Crippen LogP contribution in [0.1, 0.15) is 25.1 Å². The van der Waals surface area contributed by atoms with Gasteiger partial charge in [0.05, 0.1) is 17.8 Å². The highest BCUT2D eigenvalue weighted by molar-refractivity contribution is 5.46. The maximum Gasteiger partial charge on any atom is 0.349 e. The van der Waals surface area contributed by atoms with Gasteiger partial charge in [-0.25, -0.2) is 13.6 Å². The molecule has 2 heterocycles. The van der Waals surface area contributed by atoms with E-state index in [9.17, 15) is 13.6 Å². The number of aryl methyl sites for hydroxylation is 2. The van der Waals surface area contributed by atoms with Crippen molar-refractivity contribution in [2.75, 3.05) is 11.9 Å². The van der Waals surface area contributed by atoms with E-state index in [0.29, 0.717) is 30.6 Å². The van der Waals surface area contributed by atoms with Crippen LogP contribution < -0.4 is 10.6 Å². The van der Waals surface area contributed by atoms with Gasteiger partial charge in [-0.3, -0.25) is 4.57 Å². The summed E-state index contributed by atoms with van der Waals surface area (Å²) in [5, 5.41) is 0. The molecule has 0 amide bonds. The molecule has 6 heteroatoms. The molecule has 1 aromatic heterocycles. The van der Waals surface area contributed by atoms with Crippen molar-refractivity contribution in [3.8, 4) is 0 Å². The van der Waals surface area contributed by atoms with Crippen LogP contribution in [0.4, 0.5) is 14.6 Å². The quantitative estimate of drug-likeness (QED) is 0.872. The van der Waals surface area contributed by atoms with E-state index in [4.69, 9.17) is 0 Å². The summed E-state index contributed by atoms with van der Waals surface area (Å²) >= 11 is 0. The van der Waals surface area contributed by atoms with Crippen LogP contribution in [-0.4, -0.2) is 22.1 Å². The van der Waals surface area contributed by atoms with Crippen molar-refractivity contribution in [1.82, 2.24) is 9.55 Å². The number of rotatable bonds is 3. The second-order valence-electron chi connectivity index (χ2n) is 6.62. The third-order valence-electron chi connectivity index (χ3n) is 4.43. The molecule has 0 atom stereocenters. The number of hydrogen-bond donors (Lipinski definition) is 0. The van der Waals surface area contributed by atoms with Gasteiger partial charge in [-0.15, -0.1) is 0 Å². The van der Waals surface area contributed by atoms with E-state index in [1.807, 2.05) is 13.1 Å². The van der Waals surface area contributed by atoms with Gasteiger partial charge in [0.15, 0.2) is 0 Å². The first-order chi connectivity index (χ1) is 10.8. The number of likely N-dealkylation sites (N-methyl/N-ethyl adjacent to an activating group) is 1. The van der Waals surface area contributed by atoms with Crippen molar-refractivity contribution in [2.45, 2.75) is 38.8 Å². The highest BCUT2D eigenvalue weighted by Crippen LogP contribution is 2.30. The molecule has 0 aliphatic carbocycles. The van der Waals surface area contributed by atoms with Crippen molar-refractivity contribution >= 4 is 5.82 Å². The van der Waals surface area contributed by atoms with Gasteiger partial charge in [-0.1, -0.05) is 0 Å². The van der Waals surface area contributed by atoms with Crippen LogP contribution in [0.5, 0.6) is 0 Å². The van der Waals surface area contributed by atoms with Crippen molar-refractivity contribution < 1.29 is 8.78 Å². The normalized spacial score (nSPS) is 15.8. The molecule has 0 N–H and O–H groups in total. The summed E-state index contributed by atoms with van der Waals surface area (Å²) in [6.45, 7) is 4.73. The highest BCUT2D eigenvalue weighted by atomic mass is 19.1. The first kappa shape index (κ1) is 15.6. The summed E-state index contributed by atoms with van der Waals surface area (Å²) in [4.78, 5) is 18.3. The molecule has 0 spiro atoms. The molecule has 1 aliphatic heterocycles. The topological polar surface area (TPSA) is 38.1 Å². The maximum absolute atomic E-state index is 13.2. The van der Waals surface area contributed by atoms with Crippen LogP contribution in [0, 0.1) is 11.6 Å². The lowest BCUT2D eigenvalue weighted by atomic mass is 10.1.